The van der Waals surface area contributed by atoms with E-state index in [9.17, 15) is 18.0 Å². The third-order valence-electron chi connectivity index (χ3n) is 4.41. The first-order chi connectivity index (χ1) is 15.0. The maximum absolute atomic E-state index is 13.5. The third-order valence-corrected chi connectivity index (χ3v) is 6.07. The van der Waals surface area contributed by atoms with E-state index in [1.165, 1.54) is 49.6 Å². The van der Waals surface area contributed by atoms with E-state index in [1.54, 1.807) is 13.0 Å². The predicted molar refractivity (Wildman–Crippen MR) is 123 cm³/mol. The van der Waals surface area contributed by atoms with Crippen molar-refractivity contribution >= 4 is 49.2 Å². The highest BCUT2D eigenvalue weighted by molar-refractivity contribution is 9.10. The lowest BCUT2D eigenvalue weighted by Gasteiger charge is -2.18. The summed E-state index contributed by atoms with van der Waals surface area (Å²) in [6.45, 7) is 2.92. The molecule has 0 aliphatic heterocycles. The molecule has 3 aromatic rings. The monoisotopic (exact) mass is 537 g/mol. The van der Waals surface area contributed by atoms with E-state index >= 15 is 0 Å². The molecule has 1 amide bonds. The van der Waals surface area contributed by atoms with Gasteiger partial charge >= 0.3 is 0 Å². The Balaban J connectivity index is 2.29. The minimum atomic E-state index is -3.92. The van der Waals surface area contributed by atoms with Crippen LogP contribution >= 0.6 is 27.5 Å². The lowest BCUT2D eigenvalue weighted by atomic mass is 9.91. The van der Waals surface area contributed by atoms with Gasteiger partial charge in [-0.3, -0.25) is 14.6 Å². The summed E-state index contributed by atoms with van der Waals surface area (Å²) < 4.78 is 24.0. The van der Waals surface area contributed by atoms with Crippen LogP contribution in [0.2, 0.25) is 5.02 Å². The summed E-state index contributed by atoms with van der Waals surface area (Å²) in [6, 6.07) is 8.76. The molecule has 0 aliphatic rings. The Labute approximate surface area is 197 Å². The Bertz CT molecular complexity index is 1350. The lowest BCUT2D eigenvalue weighted by Crippen LogP contribution is -2.25. The van der Waals surface area contributed by atoms with Gasteiger partial charge in [0.15, 0.2) is 11.5 Å². The Morgan fingerprint density at radius 2 is 1.88 bits per heavy atom. The highest BCUT2D eigenvalue weighted by Gasteiger charge is 2.25. The number of nitrogens with one attached hydrogen (secondary N) is 1. The van der Waals surface area contributed by atoms with E-state index in [-0.39, 0.29) is 26.8 Å². The van der Waals surface area contributed by atoms with E-state index in [2.05, 4.69) is 26.4 Å². The van der Waals surface area contributed by atoms with Crippen LogP contribution in [0.15, 0.2) is 58.2 Å². The molecule has 1 aromatic heterocycles. The minimum absolute atomic E-state index is 0.0551. The number of hydroxylamine groups is 1. The topological polar surface area (TPSA) is 128 Å². The number of ketones is 1. The number of nitrogens with two attached hydrogens (primary N) is 1. The van der Waals surface area contributed by atoms with Crippen molar-refractivity contribution in [1.82, 2.24) is 10.5 Å². The Morgan fingerprint density at radius 1 is 1.16 bits per heavy atom. The fraction of sp³-hybridized carbons (Fsp3) is 0.0952. The molecular formula is C21H17BrClN3O5S. The van der Waals surface area contributed by atoms with Crippen molar-refractivity contribution in [2.45, 2.75) is 18.7 Å². The third kappa shape index (κ3) is 5.16. The van der Waals surface area contributed by atoms with Crippen LogP contribution in [0.5, 0.6) is 5.75 Å². The van der Waals surface area contributed by atoms with Gasteiger partial charge in [-0.15, -0.1) is 0 Å². The smallest absolute Gasteiger partial charge is 0.249 e. The number of hydrogen-bond donors (Lipinski definition) is 2. The number of amides is 1. The highest BCUT2D eigenvalue weighted by Crippen LogP contribution is 2.40. The molecule has 3 rings (SSSR count). The first kappa shape index (κ1) is 23.9. The van der Waals surface area contributed by atoms with Crippen molar-refractivity contribution in [3.8, 4) is 16.9 Å². The van der Waals surface area contributed by atoms with Crippen LogP contribution < -0.4 is 15.5 Å². The average molecular weight is 539 g/mol. The number of carbonyl (C=O) groups excluding carboxylic acids is 2. The SMILES string of the molecule is CC(=O)NOc1ccc(Cl)c(-c2ccc(S(N)(=O)=O)cc2C)c1C(=O)c1cncc(Br)c1. The molecule has 0 saturated carbocycles. The molecule has 0 spiro atoms. The van der Waals surface area contributed by atoms with Crippen molar-refractivity contribution in [2.24, 2.45) is 5.14 Å². The van der Waals surface area contributed by atoms with E-state index in [0.717, 1.165) is 0 Å². The molecule has 2 aromatic carbocycles. The molecule has 0 atom stereocenters. The van der Waals surface area contributed by atoms with Gasteiger partial charge < -0.3 is 4.84 Å². The number of aromatic nitrogens is 1. The number of sulfonamides is 1. The zero-order chi connectivity index (χ0) is 23.6. The molecule has 0 bridgehead atoms. The second-order valence-electron chi connectivity index (χ2n) is 6.80. The molecule has 166 valence electrons. The van der Waals surface area contributed by atoms with Crippen molar-refractivity contribution in [3.05, 3.63) is 75.0 Å². The number of hydrogen-bond acceptors (Lipinski definition) is 6. The van der Waals surface area contributed by atoms with Crippen LogP contribution in [0.25, 0.3) is 11.1 Å². The Kier molecular flexibility index (Phi) is 6.99. The average Bonchev–Trinajstić information content (AvgIpc) is 2.71. The predicted octanol–water partition coefficient (Wildman–Crippen LogP) is 3.78. The summed E-state index contributed by atoms with van der Waals surface area (Å²) in [4.78, 5) is 34.2. The number of halogens is 2. The lowest BCUT2D eigenvalue weighted by molar-refractivity contribution is -0.125. The van der Waals surface area contributed by atoms with Gasteiger partial charge in [0, 0.05) is 39.9 Å². The van der Waals surface area contributed by atoms with Gasteiger partial charge in [-0.2, -0.15) is 5.48 Å². The zero-order valence-corrected chi connectivity index (χ0v) is 20.0. The van der Waals surface area contributed by atoms with Gasteiger partial charge in [-0.1, -0.05) is 17.7 Å². The number of carbonyl (C=O) groups is 2. The molecule has 32 heavy (non-hydrogen) atoms. The standard InChI is InChI=1S/C21H17BrClN3O5S/c1-11-7-15(32(24,29)30)3-4-16(11)19-17(23)5-6-18(31-26-12(2)27)20(19)21(28)13-8-14(22)10-25-9-13/h3-10H,1-2H3,(H,26,27)(H2,24,29,30). The molecule has 3 N–H and O–H groups in total. The van der Waals surface area contributed by atoms with E-state index in [0.29, 0.717) is 21.2 Å². The number of benzene rings is 2. The molecule has 1 heterocycles. The van der Waals surface area contributed by atoms with E-state index < -0.39 is 21.7 Å². The van der Waals surface area contributed by atoms with Gasteiger partial charge in [0.1, 0.15) is 0 Å². The van der Waals surface area contributed by atoms with Gasteiger partial charge in [0.05, 0.1) is 10.5 Å². The summed E-state index contributed by atoms with van der Waals surface area (Å²) in [5, 5.41) is 5.45. The Morgan fingerprint density at radius 3 is 2.47 bits per heavy atom. The Hall–Kier alpha value is -2.79. The van der Waals surface area contributed by atoms with E-state index in [4.69, 9.17) is 21.6 Å². The summed E-state index contributed by atoms with van der Waals surface area (Å²) in [5.41, 5.74) is 3.82. The van der Waals surface area contributed by atoms with Crippen LogP contribution in [0.4, 0.5) is 0 Å². The quantitative estimate of drug-likeness (QED) is 0.363. The minimum Gasteiger partial charge on any atom is -0.379 e. The fourth-order valence-corrected chi connectivity index (χ4v) is 4.26. The zero-order valence-electron chi connectivity index (χ0n) is 16.8. The second kappa shape index (κ2) is 9.37. The normalized spacial score (nSPS) is 11.2. The number of aryl methyl sites for hydroxylation is 1. The maximum Gasteiger partial charge on any atom is 0.249 e. The summed E-state index contributed by atoms with van der Waals surface area (Å²) in [6.07, 6.45) is 2.91. The highest BCUT2D eigenvalue weighted by atomic mass is 79.9. The van der Waals surface area contributed by atoms with Crippen LogP contribution in [-0.4, -0.2) is 25.1 Å². The van der Waals surface area contributed by atoms with Crippen LogP contribution in [0, 0.1) is 6.92 Å². The van der Waals surface area contributed by atoms with Crippen molar-refractivity contribution in [3.63, 3.8) is 0 Å². The molecule has 0 radical (unpaired) electrons. The van der Waals surface area contributed by atoms with Crippen LogP contribution in [0.3, 0.4) is 0 Å². The first-order valence-electron chi connectivity index (χ1n) is 9.04. The second-order valence-corrected chi connectivity index (χ2v) is 9.68. The summed E-state index contributed by atoms with van der Waals surface area (Å²) >= 11 is 9.79. The number of rotatable bonds is 6. The van der Waals surface area contributed by atoms with Crippen molar-refractivity contribution in [1.29, 1.82) is 0 Å². The van der Waals surface area contributed by atoms with Gasteiger partial charge in [0.2, 0.25) is 15.9 Å². The molecule has 0 saturated heterocycles. The summed E-state index contributed by atoms with van der Waals surface area (Å²) in [7, 11) is -3.92. The number of pyridine rings is 1. The van der Waals surface area contributed by atoms with Gasteiger partial charge in [0.25, 0.3) is 0 Å². The van der Waals surface area contributed by atoms with E-state index in [1.807, 2.05) is 0 Å². The molecule has 0 unspecified atom stereocenters. The fourth-order valence-electron chi connectivity index (χ4n) is 3.03. The largest absolute Gasteiger partial charge is 0.379 e. The molecule has 11 heteroatoms. The molecule has 8 nitrogen and oxygen atoms in total. The first-order valence-corrected chi connectivity index (χ1v) is 11.8. The number of primary sulfonamides is 1. The van der Waals surface area contributed by atoms with Gasteiger partial charge in [-0.25, -0.2) is 13.6 Å². The maximum atomic E-state index is 13.5. The van der Waals surface area contributed by atoms with Crippen LogP contribution in [0.1, 0.15) is 28.4 Å². The molecular weight excluding hydrogens is 522 g/mol. The molecule has 0 fully saturated rings. The molecule has 0 aliphatic carbocycles. The summed E-state index contributed by atoms with van der Waals surface area (Å²) in [5.74, 6) is -0.885. The van der Waals surface area contributed by atoms with Crippen LogP contribution in [-0.2, 0) is 14.8 Å². The number of nitrogens with zero attached hydrogens (tertiary/aromatic N) is 1. The van der Waals surface area contributed by atoms with Gasteiger partial charge in [-0.05, 0) is 64.3 Å². The van der Waals surface area contributed by atoms with Crippen molar-refractivity contribution < 1.29 is 22.8 Å². The van der Waals surface area contributed by atoms with Crippen molar-refractivity contribution in [2.75, 3.05) is 0 Å².